The van der Waals surface area contributed by atoms with Gasteiger partial charge in [-0.1, -0.05) is 18.2 Å². The van der Waals surface area contributed by atoms with Gasteiger partial charge in [0.25, 0.3) is 0 Å². The molecule has 4 aliphatic rings. The number of carbonyl (C=O) groups is 2. The fourth-order valence-corrected chi connectivity index (χ4v) is 4.25. The molecular formula is C17H15NO6. The van der Waals surface area contributed by atoms with Gasteiger partial charge in [0.1, 0.15) is 11.5 Å². The van der Waals surface area contributed by atoms with Crippen molar-refractivity contribution in [3.05, 3.63) is 35.9 Å². The van der Waals surface area contributed by atoms with Crippen molar-refractivity contribution in [3.63, 3.8) is 0 Å². The van der Waals surface area contributed by atoms with Crippen LogP contribution in [0.5, 0.6) is 11.5 Å². The standard InChI is InChI=1S/C17H15NO6/c19-15-14-13(16(20)21)11-3-4-17(14,24-11)7-18(15)6-9-1-2-10-12(5-9)23-8-22-10/h1-5,11,13-14H,6-8H2,(H,20,21)/t11-,13-,14+,17-/m0/s1. The lowest BCUT2D eigenvalue weighted by atomic mass is 9.77. The van der Waals surface area contributed by atoms with Crippen LogP contribution in [0.1, 0.15) is 5.56 Å². The molecule has 2 bridgehead atoms. The number of ether oxygens (including phenoxy) is 3. The Hall–Kier alpha value is -2.54. The van der Waals surface area contributed by atoms with Crippen LogP contribution < -0.4 is 9.47 Å². The van der Waals surface area contributed by atoms with Gasteiger partial charge < -0.3 is 24.2 Å². The van der Waals surface area contributed by atoms with E-state index in [0.717, 1.165) is 5.56 Å². The van der Waals surface area contributed by atoms with Gasteiger partial charge in [0.2, 0.25) is 12.7 Å². The molecule has 0 aromatic heterocycles. The minimum Gasteiger partial charge on any atom is -0.481 e. The fourth-order valence-electron chi connectivity index (χ4n) is 4.25. The third-order valence-corrected chi connectivity index (χ3v) is 5.27. The van der Waals surface area contributed by atoms with E-state index >= 15 is 0 Å². The molecule has 1 N–H and O–H groups in total. The first-order chi connectivity index (χ1) is 11.6. The number of carboxylic acid groups (broad SMARTS) is 1. The van der Waals surface area contributed by atoms with Crippen LogP contribution in [-0.4, -0.2) is 46.9 Å². The second-order valence-electron chi connectivity index (χ2n) is 6.62. The van der Waals surface area contributed by atoms with Crippen molar-refractivity contribution in [1.29, 1.82) is 0 Å². The zero-order valence-electron chi connectivity index (χ0n) is 12.7. The molecule has 0 radical (unpaired) electrons. The van der Waals surface area contributed by atoms with Crippen LogP contribution >= 0.6 is 0 Å². The number of amides is 1. The molecule has 5 rings (SSSR count). The van der Waals surface area contributed by atoms with Crippen LogP contribution in [0.4, 0.5) is 0 Å². The van der Waals surface area contributed by atoms with Crippen LogP contribution in [0.2, 0.25) is 0 Å². The molecule has 124 valence electrons. The Morgan fingerprint density at radius 2 is 2.17 bits per heavy atom. The minimum atomic E-state index is -0.977. The van der Waals surface area contributed by atoms with E-state index in [1.54, 1.807) is 11.0 Å². The van der Waals surface area contributed by atoms with Gasteiger partial charge in [0, 0.05) is 6.54 Å². The number of hydrogen-bond donors (Lipinski definition) is 1. The Bertz CT molecular complexity index is 789. The second kappa shape index (κ2) is 4.51. The Morgan fingerprint density at radius 3 is 3.00 bits per heavy atom. The molecule has 1 aromatic carbocycles. The van der Waals surface area contributed by atoms with E-state index in [0.29, 0.717) is 24.6 Å². The summed E-state index contributed by atoms with van der Waals surface area (Å²) in [6, 6.07) is 5.55. The average Bonchev–Trinajstić information content (AvgIpc) is 3.28. The number of rotatable bonds is 3. The summed E-state index contributed by atoms with van der Waals surface area (Å²) in [6.07, 6.45) is 3.13. The summed E-state index contributed by atoms with van der Waals surface area (Å²) in [5.41, 5.74) is 0.121. The molecule has 1 aromatic rings. The van der Waals surface area contributed by atoms with E-state index < -0.39 is 29.5 Å². The van der Waals surface area contributed by atoms with Crippen molar-refractivity contribution in [3.8, 4) is 11.5 Å². The molecule has 0 unspecified atom stereocenters. The van der Waals surface area contributed by atoms with Gasteiger partial charge in [-0.25, -0.2) is 0 Å². The van der Waals surface area contributed by atoms with Crippen molar-refractivity contribution in [2.45, 2.75) is 18.2 Å². The number of benzene rings is 1. The number of aliphatic carboxylic acids is 1. The van der Waals surface area contributed by atoms with E-state index in [-0.39, 0.29) is 12.7 Å². The van der Waals surface area contributed by atoms with Crippen molar-refractivity contribution in [1.82, 2.24) is 4.90 Å². The van der Waals surface area contributed by atoms with E-state index in [9.17, 15) is 14.7 Å². The van der Waals surface area contributed by atoms with Gasteiger partial charge in [0.05, 0.1) is 18.6 Å². The van der Waals surface area contributed by atoms with E-state index in [1.165, 1.54) is 0 Å². The number of carbonyl (C=O) groups excluding carboxylic acids is 1. The van der Waals surface area contributed by atoms with Crippen LogP contribution in [0.25, 0.3) is 0 Å². The first kappa shape index (κ1) is 13.9. The number of carboxylic acids is 1. The zero-order valence-corrected chi connectivity index (χ0v) is 12.7. The molecular weight excluding hydrogens is 314 g/mol. The van der Waals surface area contributed by atoms with E-state index in [1.807, 2.05) is 24.3 Å². The summed E-state index contributed by atoms with van der Waals surface area (Å²) in [6.45, 7) is 0.969. The lowest BCUT2D eigenvalue weighted by Gasteiger charge is -2.21. The second-order valence-corrected chi connectivity index (χ2v) is 6.62. The summed E-state index contributed by atoms with van der Waals surface area (Å²) in [7, 11) is 0. The largest absolute Gasteiger partial charge is 0.481 e. The molecule has 0 saturated carbocycles. The number of likely N-dealkylation sites (tertiary alicyclic amines) is 1. The van der Waals surface area contributed by atoms with Gasteiger partial charge in [-0.2, -0.15) is 0 Å². The van der Waals surface area contributed by atoms with Crippen molar-refractivity contribution in [2.24, 2.45) is 11.8 Å². The molecule has 7 nitrogen and oxygen atoms in total. The predicted octanol–water partition coefficient (Wildman–Crippen LogP) is 0.782. The zero-order chi connectivity index (χ0) is 16.5. The molecule has 2 saturated heterocycles. The molecule has 4 atom stereocenters. The summed E-state index contributed by atoms with van der Waals surface area (Å²) in [5.74, 6) is -1.22. The Morgan fingerprint density at radius 1 is 1.33 bits per heavy atom. The molecule has 4 heterocycles. The Balaban J connectivity index is 1.42. The average molecular weight is 329 g/mol. The fraction of sp³-hybridized carbons (Fsp3) is 0.412. The van der Waals surface area contributed by atoms with Gasteiger partial charge in [-0.15, -0.1) is 0 Å². The quantitative estimate of drug-likeness (QED) is 0.825. The smallest absolute Gasteiger partial charge is 0.310 e. The lowest BCUT2D eigenvalue weighted by molar-refractivity contribution is -0.148. The maximum absolute atomic E-state index is 12.8. The van der Waals surface area contributed by atoms with Gasteiger partial charge in [-0.3, -0.25) is 9.59 Å². The number of nitrogens with zero attached hydrogens (tertiary/aromatic N) is 1. The number of fused-ring (bicyclic) bond motifs is 2. The van der Waals surface area contributed by atoms with Gasteiger partial charge in [0.15, 0.2) is 11.5 Å². The topological polar surface area (TPSA) is 85.3 Å². The Kier molecular flexibility index (Phi) is 2.60. The molecule has 7 heteroatoms. The van der Waals surface area contributed by atoms with Crippen LogP contribution in [0.3, 0.4) is 0 Å². The molecule has 4 aliphatic heterocycles. The SMILES string of the molecule is O=C(O)[C@H]1[C@@H]2C=C[C@@]3(CN(Cc4ccc5c(c4)OCO5)C(=O)[C@@H]13)O2. The lowest BCUT2D eigenvalue weighted by Crippen LogP contribution is -2.39. The number of hydrogen-bond acceptors (Lipinski definition) is 5. The van der Waals surface area contributed by atoms with Gasteiger partial charge >= 0.3 is 5.97 Å². The third kappa shape index (κ3) is 1.70. The predicted molar refractivity (Wildman–Crippen MR) is 79.3 cm³/mol. The van der Waals surface area contributed by atoms with Crippen molar-refractivity contribution in [2.75, 3.05) is 13.3 Å². The first-order valence-corrected chi connectivity index (χ1v) is 7.85. The van der Waals surface area contributed by atoms with E-state index in [2.05, 4.69) is 0 Å². The maximum Gasteiger partial charge on any atom is 0.310 e. The molecule has 24 heavy (non-hydrogen) atoms. The normalized spacial score (nSPS) is 34.9. The summed E-state index contributed by atoms with van der Waals surface area (Å²) < 4.78 is 16.5. The highest BCUT2D eigenvalue weighted by Gasteiger charge is 2.66. The third-order valence-electron chi connectivity index (χ3n) is 5.27. The van der Waals surface area contributed by atoms with Crippen LogP contribution in [0.15, 0.2) is 30.4 Å². The van der Waals surface area contributed by atoms with Crippen molar-refractivity contribution < 1.29 is 28.9 Å². The first-order valence-electron chi connectivity index (χ1n) is 7.85. The maximum atomic E-state index is 12.8. The van der Waals surface area contributed by atoms with Gasteiger partial charge in [-0.05, 0) is 17.7 Å². The summed E-state index contributed by atoms with van der Waals surface area (Å²) in [5, 5.41) is 9.46. The molecule has 1 spiro atoms. The monoisotopic (exact) mass is 329 g/mol. The highest BCUT2D eigenvalue weighted by atomic mass is 16.7. The summed E-state index contributed by atoms with van der Waals surface area (Å²) in [4.78, 5) is 26.0. The highest BCUT2D eigenvalue weighted by Crippen LogP contribution is 2.52. The highest BCUT2D eigenvalue weighted by molar-refractivity contribution is 5.90. The minimum absolute atomic E-state index is 0.160. The molecule has 0 aliphatic carbocycles. The van der Waals surface area contributed by atoms with Crippen LogP contribution in [-0.2, 0) is 20.9 Å². The molecule has 1 amide bonds. The van der Waals surface area contributed by atoms with E-state index in [4.69, 9.17) is 14.2 Å². The summed E-state index contributed by atoms with van der Waals surface area (Å²) >= 11 is 0. The van der Waals surface area contributed by atoms with Crippen LogP contribution in [0, 0.1) is 11.8 Å². The molecule has 2 fully saturated rings. The Labute approximate surface area is 137 Å². The van der Waals surface area contributed by atoms with Crippen molar-refractivity contribution >= 4 is 11.9 Å².